The number of aromatic nitrogens is 5. The van der Waals surface area contributed by atoms with Gasteiger partial charge in [-0.05, 0) is 25.4 Å². The summed E-state index contributed by atoms with van der Waals surface area (Å²) in [7, 11) is 0. The molecule has 0 N–H and O–H groups in total. The lowest BCUT2D eigenvalue weighted by Crippen LogP contribution is -2.00. The van der Waals surface area contributed by atoms with Crippen molar-refractivity contribution in [2.24, 2.45) is 0 Å². The lowest BCUT2D eigenvalue weighted by atomic mass is 10.4. The largest absolute Gasteiger partial charge is 0.310 e. The molecule has 0 fully saturated rings. The second-order valence-corrected chi connectivity index (χ2v) is 3.72. The summed E-state index contributed by atoms with van der Waals surface area (Å²) in [5, 5.41) is 11.7. The van der Waals surface area contributed by atoms with Crippen molar-refractivity contribution < 1.29 is 0 Å². The third kappa shape index (κ3) is 1.44. The number of hydrogen-bond donors (Lipinski definition) is 0. The van der Waals surface area contributed by atoms with Gasteiger partial charge < -0.3 is 4.57 Å². The highest BCUT2D eigenvalue weighted by Gasteiger charge is 2.11. The van der Waals surface area contributed by atoms with Gasteiger partial charge in [0.2, 0.25) is 0 Å². The van der Waals surface area contributed by atoms with E-state index >= 15 is 0 Å². The molecule has 5 nitrogen and oxygen atoms in total. The predicted octanol–water partition coefficient (Wildman–Crippen LogP) is 1.38. The quantitative estimate of drug-likeness (QED) is 0.726. The second kappa shape index (κ2) is 3.21. The van der Waals surface area contributed by atoms with Crippen LogP contribution in [0.25, 0.3) is 10.7 Å². The van der Waals surface area contributed by atoms with Gasteiger partial charge in [-0.15, -0.1) is 15.3 Å². The Morgan fingerprint density at radius 1 is 1.38 bits per heavy atom. The summed E-state index contributed by atoms with van der Waals surface area (Å²) in [6.45, 7) is 4.17. The van der Waals surface area contributed by atoms with Crippen LogP contribution < -0.4 is 0 Å². The van der Waals surface area contributed by atoms with E-state index < -0.39 is 0 Å². The fraction of sp³-hybridized carbons (Fsp3) is 0.429. The molecule has 0 bridgehead atoms. The minimum absolute atomic E-state index is 0.354. The molecule has 0 unspecified atom stereocenters. The Hall–Kier alpha value is -1.30. The van der Waals surface area contributed by atoms with Crippen molar-refractivity contribution in [3.63, 3.8) is 0 Å². The van der Waals surface area contributed by atoms with Gasteiger partial charge in [-0.1, -0.05) is 4.49 Å². The van der Waals surface area contributed by atoms with Crippen LogP contribution in [0.1, 0.15) is 19.9 Å². The molecule has 6 heteroatoms. The first-order chi connectivity index (χ1) is 6.29. The van der Waals surface area contributed by atoms with Crippen LogP contribution in [0.3, 0.4) is 0 Å². The summed E-state index contributed by atoms with van der Waals surface area (Å²) < 4.78 is 5.78. The van der Waals surface area contributed by atoms with E-state index in [9.17, 15) is 0 Å². The molecule has 0 atom stereocenters. The van der Waals surface area contributed by atoms with Gasteiger partial charge in [0.1, 0.15) is 11.2 Å². The summed E-state index contributed by atoms with van der Waals surface area (Å²) in [6, 6.07) is 0.354. The van der Waals surface area contributed by atoms with Crippen molar-refractivity contribution in [2.45, 2.75) is 19.9 Å². The molecular weight excluding hydrogens is 186 g/mol. The van der Waals surface area contributed by atoms with E-state index in [-0.39, 0.29) is 0 Å². The van der Waals surface area contributed by atoms with Crippen LogP contribution in [0.5, 0.6) is 0 Å². The lowest BCUT2D eigenvalue weighted by molar-refractivity contribution is 0.604. The fourth-order valence-corrected chi connectivity index (χ4v) is 1.57. The molecule has 0 aliphatic rings. The van der Waals surface area contributed by atoms with Crippen LogP contribution >= 0.6 is 11.5 Å². The van der Waals surface area contributed by atoms with Crippen LogP contribution in [-0.2, 0) is 0 Å². The minimum atomic E-state index is 0.354. The Kier molecular flexibility index (Phi) is 2.05. The molecule has 0 amide bonds. The zero-order valence-corrected chi connectivity index (χ0v) is 8.19. The lowest BCUT2D eigenvalue weighted by Gasteiger charge is -2.07. The molecule has 0 spiro atoms. The smallest absolute Gasteiger partial charge is 0.177 e. The van der Waals surface area contributed by atoms with Crippen LogP contribution in [0, 0.1) is 0 Å². The topological polar surface area (TPSA) is 56.5 Å². The Balaban J connectivity index is 2.46. The van der Waals surface area contributed by atoms with Crippen molar-refractivity contribution in [1.82, 2.24) is 24.4 Å². The molecule has 68 valence electrons. The van der Waals surface area contributed by atoms with Crippen molar-refractivity contribution in [3.8, 4) is 10.7 Å². The highest BCUT2D eigenvalue weighted by atomic mass is 32.1. The standard InChI is InChI=1S/C7H9N5S/c1-5(2)12-4-9-10-7(12)6-3-8-11-13-6/h3-5H,1-2H3. The molecule has 0 aromatic carbocycles. The summed E-state index contributed by atoms with van der Waals surface area (Å²) in [5.41, 5.74) is 0. The van der Waals surface area contributed by atoms with Crippen molar-refractivity contribution in [3.05, 3.63) is 12.5 Å². The molecule has 2 aromatic heterocycles. The first-order valence-corrected chi connectivity index (χ1v) is 4.73. The molecular formula is C7H9N5S. The molecule has 0 saturated carbocycles. The molecule has 2 rings (SSSR count). The van der Waals surface area contributed by atoms with E-state index in [2.05, 4.69) is 33.6 Å². The van der Waals surface area contributed by atoms with Crippen molar-refractivity contribution in [2.75, 3.05) is 0 Å². The average Bonchev–Trinajstić information content (AvgIpc) is 2.74. The van der Waals surface area contributed by atoms with Gasteiger partial charge in [0.05, 0.1) is 6.20 Å². The fourth-order valence-electron chi connectivity index (χ4n) is 1.06. The van der Waals surface area contributed by atoms with Crippen LogP contribution in [0.15, 0.2) is 12.5 Å². The van der Waals surface area contributed by atoms with Crippen LogP contribution in [0.4, 0.5) is 0 Å². The SMILES string of the molecule is CC(C)n1cnnc1-c1cnns1. The van der Waals surface area contributed by atoms with Gasteiger partial charge in [0, 0.05) is 6.04 Å². The van der Waals surface area contributed by atoms with E-state index in [0.717, 1.165) is 10.7 Å². The van der Waals surface area contributed by atoms with Gasteiger partial charge in [0.15, 0.2) is 5.82 Å². The van der Waals surface area contributed by atoms with Crippen LogP contribution in [-0.4, -0.2) is 24.4 Å². The molecule has 2 aromatic rings. The third-order valence-corrected chi connectivity index (χ3v) is 2.37. The molecule has 0 saturated heterocycles. The van der Waals surface area contributed by atoms with E-state index in [4.69, 9.17) is 0 Å². The Morgan fingerprint density at radius 3 is 2.85 bits per heavy atom. The Labute approximate surface area is 79.6 Å². The van der Waals surface area contributed by atoms with Gasteiger partial charge in [-0.2, -0.15) is 0 Å². The highest BCUT2D eigenvalue weighted by molar-refractivity contribution is 7.09. The van der Waals surface area contributed by atoms with E-state index in [0.29, 0.717) is 6.04 Å². The van der Waals surface area contributed by atoms with E-state index in [1.165, 1.54) is 11.5 Å². The Morgan fingerprint density at radius 2 is 2.23 bits per heavy atom. The maximum Gasteiger partial charge on any atom is 0.177 e. The van der Waals surface area contributed by atoms with Gasteiger partial charge in [0.25, 0.3) is 0 Å². The van der Waals surface area contributed by atoms with Gasteiger partial charge in [-0.25, -0.2) is 0 Å². The average molecular weight is 195 g/mol. The predicted molar refractivity (Wildman–Crippen MR) is 49.3 cm³/mol. The monoisotopic (exact) mass is 195 g/mol. The molecule has 0 aliphatic heterocycles. The molecule has 0 radical (unpaired) electrons. The zero-order valence-electron chi connectivity index (χ0n) is 7.38. The third-order valence-electron chi connectivity index (χ3n) is 1.71. The molecule has 13 heavy (non-hydrogen) atoms. The normalized spacial score (nSPS) is 11.0. The molecule has 0 aliphatic carbocycles. The zero-order chi connectivity index (χ0) is 9.26. The number of nitrogens with zero attached hydrogens (tertiary/aromatic N) is 5. The van der Waals surface area contributed by atoms with Crippen molar-refractivity contribution >= 4 is 11.5 Å². The first kappa shape index (κ1) is 8.31. The maximum absolute atomic E-state index is 4.02. The number of rotatable bonds is 2. The van der Waals surface area contributed by atoms with Crippen molar-refractivity contribution in [1.29, 1.82) is 0 Å². The summed E-state index contributed by atoms with van der Waals surface area (Å²) >= 11 is 1.33. The molecule has 2 heterocycles. The first-order valence-electron chi connectivity index (χ1n) is 3.96. The van der Waals surface area contributed by atoms with E-state index in [1.54, 1.807) is 12.5 Å². The maximum atomic E-state index is 4.02. The summed E-state index contributed by atoms with van der Waals surface area (Å²) in [5.74, 6) is 0.838. The van der Waals surface area contributed by atoms with Gasteiger partial charge >= 0.3 is 0 Å². The minimum Gasteiger partial charge on any atom is -0.310 e. The van der Waals surface area contributed by atoms with Crippen LogP contribution in [0.2, 0.25) is 0 Å². The second-order valence-electron chi connectivity index (χ2n) is 2.94. The van der Waals surface area contributed by atoms with E-state index in [1.807, 2.05) is 4.57 Å². The number of hydrogen-bond acceptors (Lipinski definition) is 5. The van der Waals surface area contributed by atoms with Gasteiger partial charge in [-0.3, -0.25) is 0 Å². The Bertz CT molecular complexity index is 377. The summed E-state index contributed by atoms with van der Waals surface area (Å²) in [6.07, 6.45) is 3.42. The summed E-state index contributed by atoms with van der Waals surface area (Å²) in [4.78, 5) is 0.950. The highest BCUT2D eigenvalue weighted by Crippen LogP contribution is 2.21.